The van der Waals surface area contributed by atoms with Crippen molar-refractivity contribution in [2.24, 2.45) is 11.3 Å². The van der Waals surface area contributed by atoms with Crippen LogP contribution in [0.3, 0.4) is 0 Å². The lowest BCUT2D eigenvalue weighted by molar-refractivity contribution is -0.208. The highest BCUT2D eigenvalue weighted by Crippen LogP contribution is 2.61. The van der Waals surface area contributed by atoms with Gasteiger partial charge in [-0.2, -0.15) is 0 Å². The summed E-state index contributed by atoms with van der Waals surface area (Å²) in [5.74, 6) is 0.146. The van der Waals surface area contributed by atoms with E-state index in [0.29, 0.717) is 6.61 Å². The van der Waals surface area contributed by atoms with Crippen LogP contribution in [0, 0.1) is 11.3 Å². The predicted octanol–water partition coefficient (Wildman–Crippen LogP) is 3.52. The molecule has 2 fully saturated rings. The smallest absolute Gasteiger partial charge is 0.309 e. The Kier molecular flexibility index (Phi) is 3.19. The zero-order valence-corrected chi connectivity index (χ0v) is 12.7. The lowest BCUT2D eigenvalue weighted by atomic mass is 9.50. The summed E-state index contributed by atoms with van der Waals surface area (Å²) in [6.45, 7) is 3.84. The highest BCUT2D eigenvalue weighted by atomic mass is 16.5. The number of hydrogen-bond acceptors (Lipinski definition) is 3. The van der Waals surface area contributed by atoms with Crippen molar-refractivity contribution in [1.29, 1.82) is 0 Å². The minimum Gasteiger partial charge on any atom is -0.466 e. The Labute approximate surface area is 130 Å². The first kappa shape index (κ1) is 13.8. The number of hydrogen-bond donors (Lipinski definition) is 0. The molecule has 3 nitrogen and oxygen atoms in total. The second-order valence-corrected chi connectivity index (χ2v) is 6.50. The lowest BCUT2D eigenvalue weighted by Gasteiger charge is -2.58. The van der Waals surface area contributed by atoms with E-state index >= 15 is 0 Å². The SMILES string of the molecule is CCOC(=O)C1CC2(COC2)C1c1ccc2ccccc2c1. The third kappa shape index (κ3) is 1.96. The summed E-state index contributed by atoms with van der Waals surface area (Å²) in [6.07, 6.45) is 0.892. The van der Waals surface area contributed by atoms with Gasteiger partial charge < -0.3 is 9.47 Å². The summed E-state index contributed by atoms with van der Waals surface area (Å²) in [7, 11) is 0. The van der Waals surface area contributed by atoms with Crippen LogP contribution in [0.15, 0.2) is 42.5 Å². The van der Waals surface area contributed by atoms with Crippen LogP contribution in [0.25, 0.3) is 10.8 Å². The molecule has 3 heteroatoms. The van der Waals surface area contributed by atoms with Gasteiger partial charge in [-0.15, -0.1) is 0 Å². The molecule has 0 amide bonds. The molecule has 1 saturated heterocycles. The zero-order valence-electron chi connectivity index (χ0n) is 12.7. The Balaban J connectivity index is 1.70. The van der Waals surface area contributed by atoms with Crippen molar-refractivity contribution in [3.8, 4) is 0 Å². The fraction of sp³-hybridized carbons (Fsp3) is 0.421. The quantitative estimate of drug-likeness (QED) is 0.813. The van der Waals surface area contributed by atoms with Crippen LogP contribution in [-0.4, -0.2) is 25.8 Å². The van der Waals surface area contributed by atoms with E-state index in [9.17, 15) is 4.79 Å². The molecule has 1 aliphatic carbocycles. The molecule has 22 heavy (non-hydrogen) atoms. The number of carbonyl (C=O) groups excluding carboxylic acids is 1. The Morgan fingerprint density at radius 3 is 2.68 bits per heavy atom. The lowest BCUT2D eigenvalue weighted by Crippen LogP contribution is -2.60. The highest BCUT2D eigenvalue weighted by molar-refractivity contribution is 5.84. The molecule has 0 radical (unpaired) electrons. The maximum Gasteiger partial charge on any atom is 0.309 e. The van der Waals surface area contributed by atoms with Crippen molar-refractivity contribution in [2.75, 3.05) is 19.8 Å². The number of rotatable bonds is 3. The molecule has 114 valence electrons. The van der Waals surface area contributed by atoms with Crippen molar-refractivity contribution < 1.29 is 14.3 Å². The molecule has 1 aliphatic heterocycles. The van der Waals surface area contributed by atoms with Crippen LogP contribution in [0.5, 0.6) is 0 Å². The first-order chi connectivity index (χ1) is 10.7. The standard InChI is InChI=1S/C19H20O3/c1-2-22-18(20)16-10-19(11-21-12-19)17(16)15-8-7-13-5-3-4-6-14(13)9-15/h3-9,16-17H,2,10-12H2,1H3. The van der Waals surface area contributed by atoms with Gasteiger partial charge in [-0.25, -0.2) is 0 Å². The van der Waals surface area contributed by atoms with Gasteiger partial charge >= 0.3 is 5.97 Å². The summed E-state index contributed by atoms with van der Waals surface area (Å²) in [4.78, 5) is 12.2. The first-order valence-electron chi connectivity index (χ1n) is 7.97. The monoisotopic (exact) mass is 296 g/mol. The van der Waals surface area contributed by atoms with Gasteiger partial charge in [0, 0.05) is 11.3 Å². The molecule has 0 aromatic heterocycles. The minimum absolute atomic E-state index is 0.0231. The Morgan fingerprint density at radius 2 is 2.00 bits per heavy atom. The molecule has 1 spiro atoms. The first-order valence-corrected chi connectivity index (χ1v) is 7.97. The zero-order chi connectivity index (χ0) is 15.2. The van der Waals surface area contributed by atoms with Gasteiger partial charge in [-0.1, -0.05) is 42.5 Å². The summed E-state index contributed by atoms with van der Waals surface area (Å²) in [6, 6.07) is 14.9. The molecule has 1 saturated carbocycles. The molecule has 2 aromatic rings. The van der Waals surface area contributed by atoms with Crippen LogP contribution in [0.1, 0.15) is 24.8 Å². The van der Waals surface area contributed by atoms with E-state index in [4.69, 9.17) is 9.47 Å². The van der Waals surface area contributed by atoms with E-state index in [1.807, 2.05) is 13.0 Å². The number of carbonyl (C=O) groups is 1. The molecule has 2 aliphatic rings. The second kappa shape index (κ2) is 5.10. The van der Waals surface area contributed by atoms with Crippen molar-refractivity contribution in [3.63, 3.8) is 0 Å². The van der Waals surface area contributed by atoms with Crippen molar-refractivity contribution in [2.45, 2.75) is 19.3 Å². The number of esters is 1. The topological polar surface area (TPSA) is 35.5 Å². The van der Waals surface area contributed by atoms with Crippen LogP contribution in [-0.2, 0) is 14.3 Å². The molecule has 0 N–H and O–H groups in total. The van der Waals surface area contributed by atoms with Crippen molar-refractivity contribution in [1.82, 2.24) is 0 Å². The fourth-order valence-corrected chi connectivity index (χ4v) is 4.07. The van der Waals surface area contributed by atoms with Gasteiger partial charge in [-0.05, 0) is 29.7 Å². The Morgan fingerprint density at radius 1 is 1.23 bits per heavy atom. The normalized spacial score (nSPS) is 25.5. The van der Waals surface area contributed by atoms with Gasteiger partial charge in [0.1, 0.15) is 0 Å². The third-order valence-electron chi connectivity index (χ3n) is 5.19. The molecular formula is C19H20O3. The third-order valence-corrected chi connectivity index (χ3v) is 5.19. The average molecular weight is 296 g/mol. The number of benzene rings is 2. The molecular weight excluding hydrogens is 276 g/mol. The minimum atomic E-state index is -0.0572. The molecule has 2 aromatic carbocycles. The average Bonchev–Trinajstić information content (AvgIpc) is 2.45. The number of ether oxygens (including phenoxy) is 2. The summed E-state index contributed by atoms with van der Waals surface area (Å²) in [5.41, 5.74) is 1.39. The van der Waals surface area contributed by atoms with E-state index in [2.05, 4.69) is 36.4 Å². The molecule has 0 bridgehead atoms. The summed E-state index contributed by atoms with van der Waals surface area (Å²) in [5, 5.41) is 2.46. The largest absolute Gasteiger partial charge is 0.466 e. The molecule has 2 atom stereocenters. The van der Waals surface area contributed by atoms with E-state index in [1.165, 1.54) is 16.3 Å². The van der Waals surface area contributed by atoms with Crippen LogP contribution < -0.4 is 0 Å². The summed E-state index contributed by atoms with van der Waals surface area (Å²) >= 11 is 0. The number of fused-ring (bicyclic) bond motifs is 1. The predicted molar refractivity (Wildman–Crippen MR) is 84.7 cm³/mol. The fourth-order valence-electron chi connectivity index (χ4n) is 4.07. The van der Waals surface area contributed by atoms with Gasteiger partial charge in [0.15, 0.2) is 0 Å². The maximum atomic E-state index is 12.2. The van der Waals surface area contributed by atoms with Gasteiger partial charge in [0.05, 0.1) is 25.7 Å². The highest BCUT2D eigenvalue weighted by Gasteiger charge is 2.61. The van der Waals surface area contributed by atoms with Crippen LogP contribution in [0.4, 0.5) is 0 Å². The van der Waals surface area contributed by atoms with E-state index < -0.39 is 0 Å². The molecule has 2 unspecified atom stereocenters. The molecule has 1 heterocycles. The van der Waals surface area contributed by atoms with E-state index in [0.717, 1.165) is 19.6 Å². The Bertz CT molecular complexity index is 717. The van der Waals surface area contributed by atoms with Crippen molar-refractivity contribution >= 4 is 16.7 Å². The Hall–Kier alpha value is -1.87. The second-order valence-electron chi connectivity index (χ2n) is 6.50. The van der Waals surface area contributed by atoms with E-state index in [1.54, 1.807) is 0 Å². The van der Waals surface area contributed by atoms with Crippen molar-refractivity contribution in [3.05, 3.63) is 48.0 Å². The molecule has 4 rings (SSSR count). The van der Waals surface area contributed by atoms with Crippen LogP contribution >= 0.6 is 0 Å². The van der Waals surface area contributed by atoms with Gasteiger partial charge in [0.25, 0.3) is 0 Å². The maximum absolute atomic E-state index is 12.2. The van der Waals surface area contributed by atoms with Gasteiger partial charge in [0.2, 0.25) is 0 Å². The summed E-state index contributed by atoms with van der Waals surface area (Å²) < 4.78 is 10.7. The van der Waals surface area contributed by atoms with E-state index in [-0.39, 0.29) is 23.2 Å². The van der Waals surface area contributed by atoms with Gasteiger partial charge in [-0.3, -0.25) is 4.79 Å². The van der Waals surface area contributed by atoms with Crippen LogP contribution in [0.2, 0.25) is 0 Å².